The third-order valence-corrected chi connectivity index (χ3v) is 4.57. The maximum Gasteiger partial charge on any atom is 0.282 e. The highest BCUT2D eigenvalue weighted by molar-refractivity contribution is 9.10. The fourth-order valence-corrected chi connectivity index (χ4v) is 2.83. The van der Waals surface area contributed by atoms with Crippen LogP contribution in [0.15, 0.2) is 46.4 Å². The molecular formula is C16H9BrCl2N2O3. The second kappa shape index (κ2) is 6.47. The van der Waals surface area contributed by atoms with Gasteiger partial charge in [0.2, 0.25) is 0 Å². The Labute approximate surface area is 155 Å². The normalized spacial score (nSPS) is 16.0. The molecule has 3 rings (SSSR count). The van der Waals surface area contributed by atoms with Gasteiger partial charge in [0.15, 0.2) is 0 Å². The molecule has 8 heteroatoms. The van der Waals surface area contributed by atoms with Gasteiger partial charge in [0, 0.05) is 10.0 Å². The Bertz CT molecular complexity index is 899. The predicted octanol–water partition coefficient (Wildman–Crippen LogP) is 3.92. The van der Waals surface area contributed by atoms with E-state index in [1.807, 2.05) is 0 Å². The Kier molecular flexibility index (Phi) is 4.54. The van der Waals surface area contributed by atoms with Crippen LogP contribution >= 0.6 is 39.1 Å². The molecular weight excluding hydrogens is 419 g/mol. The first kappa shape index (κ1) is 16.8. The number of hydrazine groups is 1. The van der Waals surface area contributed by atoms with Crippen LogP contribution in [0.5, 0.6) is 5.75 Å². The molecule has 0 saturated carbocycles. The lowest BCUT2D eigenvalue weighted by Gasteiger charge is -2.15. The predicted molar refractivity (Wildman–Crippen MR) is 95.9 cm³/mol. The summed E-state index contributed by atoms with van der Waals surface area (Å²) in [4.78, 5) is 24.6. The molecule has 0 aliphatic carbocycles. The van der Waals surface area contributed by atoms with Gasteiger partial charge in [0.25, 0.3) is 11.8 Å². The number of benzene rings is 2. The Morgan fingerprint density at radius 2 is 1.83 bits per heavy atom. The highest BCUT2D eigenvalue weighted by Crippen LogP contribution is 2.30. The Morgan fingerprint density at radius 1 is 1.08 bits per heavy atom. The molecule has 0 spiro atoms. The first-order chi connectivity index (χ1) is 11.4. The van der Waals surface area contributed by atoms with E-state index in [0.717, 1.165) is 5.01 Å². The summed E-state index contributed by atoms with van der Waals surface area (Å²) in [5.41, 5.74) is 3.08. The number of nitrogens with zero attached hydrogens (tertiary/aromatic N) is 1. The van der Waals surface area contributed by atoms with Crippen molar-refractivity contribution in [2.45, 2.75) is 0 Å². The lowest BCUT2D eigenvalue weighted by molar-refractivity contribution is -0.117. The lowest BCUT2D eigenvalue weighted by atomic mass is 10.1. The van der Waals surface area contributed by atoms with Gasteiger partial charge >= 0.3 is 0 Å². The molecule has 5 nitrogen and oxygen atoms in total. The number of phenols is 1. The molecule has 1 fully saturated rings. The molecule has 24 heavy (non-hydrogen) atoms. The van der Waals surface area contributed by atoms with Crippen molar-refractivity contribution in [3.05, 3.63) is 62.1 Å². The van der Waals surface area contributed by atoms with Gasteiger partial charge in [0.1, 0.15) is 11.3 Å². The van der Waals surface area contributed by atoms with E-state index in [1.165, 1.54) is 24.3 Å². The summed E-state index contributed by atoms with van der Waals surface area (Å²) in [6.07, 6.45) is 1.33. The molecule has 1 aliphatic heterocycles. The van der Waals surface area contributed by atoms with Gasteiger partial charge in [-0.1, -0.05) is 39.1 Å². The summed E-state index contributed by atoms with van der Waals surface area (Å²) in [6, 6.07) is 9.28. The highest BCUT2D eigenvalue weighted by Gasteiger charge is 2.34. The SMILES string of the molecule is O=C1NN(c2ccc(Cl)c(Cl)c2)C(=O)/C1=C/c1cc(Br)ccc1O. The number of carbonyl (C=O) groups excluding carboxylic acids is 2. The molecule has 2 N–H and O–H groups in total. The summed E-state index contributed by atoms with van der Waals surface area (Å²) in [5, 5.41) is 11.5. The molecule has 2 aromatic carbocycles. The van der Waals surface area contributed by atoms with Gasteiger partial charge in [-0.2, -0.15) is 0 Å². The van der Waals surface area contributed by atoms with E-state index in [9.17, 15) is 14.7 Å². The van der Waals surface area contributed by atoms with E-state index >= 15 is 0 Å². The van der Waals surface area contributed by atoms with Gasteiger partial charge in [-0.3, -0.25) is 15.0 Å². The smallest absolute Gasteiger partial charge is 0.282 e. The van der Waals surface area contributed by atoms with E-state index in [0.29, 0.717) is 20.7 Å². The van der Waals surface area contributed by atoms with Crippen molar-refractivity contribution in [1.29, 1.82) is 0 Å². The largest absolute Gasteiger partial charge is 0.507 e. The van der Waals surface area contributed by atoms with E-state index in [1.54, 1.807) is 18.2 Å². The Balaban J connectivity index is 1.98. The standard InChI is InChI=1S/C16H9BrCl2N2O3/c17-9-1-4-14(22)8(5-9)6-11-15(23)20-21(16(11)24)10-2-3-12(18)13(19)7-10/h1-7,22H,(H,20,23)/b11-6+. The van der Waals surface area contributed by atoms with Crippen molar-refractivity contribution in [3.8, 4) is 5.75 Å². The molecule has 0 radical (unpaired) electrons. The number of nitrogens with one attached hydrogen (secondary N) is 1. The van der Waals surface area contributed by atoms with Gasteiger partial charge < -0.3 is 5.11 Å². The molecule has 122 valence electrons. The van der Waals surface area contributed by atoms with Crippen molar-refractivity contribution in [3.63, 3.8) is 0 Å². The average molecular weight is 428 g/mol. The van der Waals surface area contributed by atoms with Crippen molar-refractivity contribution in [2.75, 3.05) is 5.01 Å². The van der Waals surface area contributed by atoms with Crippen LogP contribution < -0.4 is 10.4 Å². The number of rotatable bonds is 2. The minimum absolute atomic E-state index is 0.0423. The molecule has 0 aromatic heterocycles. The molecule has 2 aromatic rings. The number of anilines is 1. The fourth-order valence-electron chi connectivity index (χ4n) is 2.16. The number of amides is 2. The van der Waals surface area contributed by atoms with Gasteiger partial charge in [-0.25, -0.2) is 5.01 Å². The van der Waals surface area contributed by atoms with Crippen LogP contribution in [0.4, 0.5) is 5.69 Å². The summed E-state index contributed by atoms with van der Waals surface area (Å²) >= 11 is 15.1. The zero-order valence-electron chi connectivity index (χ0n) is 11.9. The third kappa shape index (κ3) is 3.13. The number of hydrogen-bond acceptors (Lipinski definition) is 3. The van der Waals surface area contributed by atoms with Crippen molar-refractivity contribution >= 4 is 62.7 Å². The number of halogens is 3. The van der Waals surface area contributed by atoms with Gasteiger partial charge in [0.05, 0.1) is 15.7 Å². The Hall–Kier alpha value is -2.02. The van der Waals surface area contributed by atoms with Crippen molar-refractivity contribution < 1.29 is 14.7 Å². The minimum Gasteiger partial charge on any atom is -0.507 e. The number of carbonyl (C=O) groups is 2. The van der Waals surface area contributed by atoms with E-state index in [2.05, 4.69) is 21.4 Å². The molecule has 0 unspecified atom stereocenters. The van der Waals surface area contributed by atoms with Crippen LogP contribution in [-0.2, 0) is 9.59 Å². The Morgan fingerprint density at radius 3 is 2.54 bits per heavy atom. The summed E-state index contributed by atoms with van der Waals surface area (Å²) in [6.45, 7) is 0. The first-order valence-electron chi connectivity index (χ1n) is 6.67. The van der Waals surface area contributed by atoms with Gasteiger partial charge in [-0.05, 0) is 42.5 Å². The maximum absolute atomic E-state index is 12.5. The summed E-state index contributed by atoms with van der Waals surface area (Å²) in [7, 11) is 0. The quantitative estimate of drug-likeness (QED) is 0.563. The number of phenolic OH excluding ortho intramolecular Hbond substituents is 1. The van der Waals surface area contributed by atoms with E-state index in [-0.39, 0.29) is 16.3 Å². The van der Waals surface area contributed by atoms with Crippen LogP contribution in [0, 0.1) is 0 Å². The highest BCUT2D eigenvalue weighted by atomic mass is 79.9. The summed E-state index contributed by atoms with van der Waals surface area (Å²) < 4.78 is 0.708. The monoisotopic (exact) mass is 426 g/mol. The second-order valence-electron chi connectivity index (χ2n) is 4.94. The average Bonchev–Trinajstić information content (AvgIpc) is 2.81. The van der Waals surface area contributed by atoms with Crippen molar-refractivity contribution in [1.82, 2.24) is 5.43 Å². The zero-order chi connectivity index (χ0) is 17.4. The van der Waals surface area contributed by atoms with Crippen LogP contribution in [-0.4, -0.2) is 16.9 Å². The number of hydrogen-bond donors (Lipinski definition) is 2. The molecule has 1 heterocycles. The maximum atomic E-state index is 12.5. The van der Waals surface area contributed by atoms with E-state index < -0.39 is 11.8 Å². The fraction of sp³-hybridized carbons (Fsp3) is 0. The summed E-state index contributed by atoms with van der Waals surface area (Å²) in [5.74, 6) is -1.18. The number of aromatic hydroxyl groups is 1. The third-order valence-electron chi connectivity index (χ3n) is 3.34. The van der Waals surface area contributed by atoms with E-state index in [4.69, 9.17) is 23.2 Å². The van der Waals surface area contributed by atoms with Crippen LogP contribution in [0.2, 0.25) is 10.0 Å². The zero-order valence-corrected chi connectivity index (χ0v) is 15.0. The minimum atomic E-state index is -0.578. The van der Waals surface area contributed by atoms with Crippen LogP contribution in [0.1, 0.15) is 5.56 Å². The van der Waals surface area contributed by atoms with Crippen LogP contribution in [0.25, 0.3) is 6.08 Å². The second-order valence-corrected chi connectivity index (χ2v) is 6.67. The lowest BCUT2D eigenvalue weighted by Crippen LogP contribution is -2.35. The molecule has 1 aliphatic rings. The van der Waals surface area contributed by atoms with Crippen molar-refractivity contribution in [2.24, 2.45) is 0 Å². The first-order valence-corrected chi connectivity index (χ1v) is 8.22. The van der Waals surface area contributed by atoms with Crippen LogP contribution in [0.3, 0.4) is 0 Å². The molecule has 0 atom stereocenters. The topological polar surface area (TPSA) is 69.6 Å². The van der Waals surface area contributed by atoms with Gasteiger partial charge in [-0.15, -0.1) is 0 Å². The molecule has 2 amide bonds. The molecule has 1 saturated heterocycles. The molecule has 0 bridgehead atoms.